The van der Waals surface area contributed by atoms with Gasteiger partial charge < -0.3 is 9.73 Å². The molecule has 1 aromatic carbocycles. The SMILES string of the molecule is CC(C)NCc1ccc(CSc2cc(F)ccc2F)o1. The molecule has 0 saturated heterocycles. The van der Waals surface area contributed by atoms with Gasteiger partial charge in [-0.15, -0.1) is 11.8 Å². The summed E-state index contributed by atoms with van der Waals surface area (Å²) in [4.78, 5) is 0.295. The Hall–Kier alpha value is -1.33. The highest BCUT2D eigenvalue weighted by atomic mass is 32.2. The van der Waals surface area contributed by atoms with Gasteiger partial charge in [0.15, 0.2) is 0 Å². The number of thioether (sulfide) groups is 1. The van der Waals surface area contributed by atoms with Crippen molar-refractivity contribution in [2.75, 3.05) is 0 Å². The van der Waals surface area contributed by atoms with Gasteiger partial charge in [0.1, 0.15) is 23.2 Å². The molecule has 0 unspecified atom stereocenters. The van der Waals surface area contributed by atoms with Crippen molar-refractivity contribution < 1.29 is 13.2 Å². The van der Waals surface area contributed by atoms with E-state index in [0.29, 0.717) is 23.2 Å². The molecule has 0 amide bonds. The molecule has 2 rings (SSSR count). The first-order valence-electron chi connectivity index (χ1n) is 6.43. The monoisotopic (exact) mass is 297 g/mol. The highest BCUT2D eigenvalue weighted by molar-refractivity contribution is 7.98. The normalized spacial score (nSPS) is 11.2. The first-order chi connectivity index (χ1) is 9.54. The van der Waals surface area contributed by atoms with Gasteiger partial charge in [-0.05, 0) is 30.3 Å². The van der Waals surface area contributed by atoms with E-state index in [9.17, 15) is 8.78 Å². The minimum atomic E-state index is -0.435. The molecular formula is C15H17F2NOS. The maximum absolute atomic E-state index is 13.5. The lowest BCUT2D eigenvalue weighted by Gasteiger charge is -2.05. The Morgan fingerprint density at radius 1 is 1.15 bits per heavy atom. The summed E-state index contributed by atoms with van der Waals surface area (Å²) >= 11 is 1.22. The van der Waals surface area contributed by atoms with Crippen LogP contribution < -0.4 is 5.32 Å². The Morgan fingerprint density at radius 3 is 2.65 bits per heavy atom. The lowest BCUT2D eigenvalue weighted by atomic mass is 10.3. The molecule has 20 heavy (non-hydrogen) atoms. The number of rotatable bonds is 6. The van der Waals surface area contributed by atoms with Gasteiger partial charge in [-0.2, -0.15) is 0 Å². The van der Waals surface area contributed by atoms with E-state index in [1.54, 1.807) is 0 Å². The van der Waals surface area contributed by atoms with E-state index in [4.69, 9.17) is 4.42 Å². The number of furan rings is 1. The maximum Gasteiger partial charge on any atom is 0.136 e. The van der Waals surface area contributed by atoms with Gasteiger partial charge in [-0.25, -0.2) is 8.78 Å². The first kappa shape index (κ1) is 15.1. The zero-order valence-corrected chi connectivity index (χ0v) is 12.3. The van der Waals surface area contributed by atoms with Crippen molar-refractivity contribution in [2.45, 2.75) is 37.1 Å². The summed E-state index contributed by atoms with van der Waals surface area (Å²) in [5, 5.41) is 3.26. The van der Waals surface area contributed by atoms with Crippen LogP contribution in [0.15, 0.2) is 39.6 Å². The topological polar surface area (TPSA) is 25.2 Å². The molecule has 1 aromatic heterocycles. The fraction of sp³-hybridized carbons (Fsp3) is 0.333. The van der Waals surface area contributed by atoms with E-state index in [0.717, 1.165) is 23.7 Å². The summed E-state index contributed by atoms with van der Waals surface area (Å²) in [6, 6.07) is 7.60. The van der Waals surface area contributed by atoms with Gasteiger partial charge >= 0.3 is 0 Å². The minimum Gasteiger partial charge on any atom is -0.464 e. The van der Waals surface area contributed by atoms with E-state index in [1.165, 1.54) is 17.8 Å². The molecule has 0 aliphatic heterocycles. The van der Waals surface area contributed by atoms with Crippen LogP contribution in [-0.4, -0.2) is 6.04 Å². The highest BCUT2D eigenvalue weighted by Gasteiger charge is 2.07. The van der Waals surface area contributed by atoms with Crippen LogP contribution in [0.1, 0.15) is 25.4 Å². The standard InChI is InChI=1S/C15H17F2NOS/c1-10(2)18-8-12-4-5-13(19-12)9-20-15-7-11(16)3-6-14(15)17/h3-7,10,18H,8-9H2,1-2H3. The van der Waals surface area contributed by atoms with Crippen molar-refractivity contribution in [3.05, 3.63) is 53.5 Å². The molecule has 1 heterocycles. The Labute approximate surface area is 121 Å². The predicted molar refractivity (Wildman–Crippen MR) is 76.6 cm³/mol. The van der Waals surface area contributed by atoms with Gasteiger partial charge in [-0.3, -0.25) is 0 Å². The van der Waals surface area contributed by atoms with Gasteiger partial charge in [0, 0.05) is 10.9 Å². The fourth-order valence-corrected chi connectivity index (χ4v) is 2.49. The van der Waals surface area contributed by atoms with Gasteiger partial charge in [-0.1, -0.05) is 13.8 Å². The third-order valence-corrected chi connectivity index (χ3v) is 3.72. The van der Waals surface area contributed by atoms with Crippen LogP contribution in [0.2, 0.25) is 0 Å². The molecule has 0 spiro atoms. The molecule has 0 radical (unpaired) electrons. The number of nitrogens with one attached hydrogen (secondary N) is 1. The Morgan fingerprint density at radius 2 is 1.90 bits per heavy atom. The summed E-state index contributed by atoms with van der Waals surface area (Å²) < 4.78 is 32.1. The Kier molecular flexibility index (Phi) is 5.20. The van der Waals surface area contributed by atoms with E-state index in [2.05, 4.69) is 19.2 Å². The lowest BCUT2D eigenvalue weighted by molar-refractivity contribution is 0.445. The number of benzene rings is 1. The van der Waals surface area contributed by atoms with Gasteiger partial charge in [0.2, 0.25) is 0 Å². The quantitative estimate of drug-likeness (QED) is 0.803. The molecule has 108 valence electrons. The maximum atomic E-state index is 13.5. The highest BCUT2D eigenvalue weighted by Crippen LogP contribution is 2.26. The molecule has 0 fully saturated rings. The summed E-state index contributed by atoms with van der Waals surface area (Å²) in [6.07, 6.45) is 0. The minimum absolute atomic E-state index is 0.295. The van der Waals surface area contributed by atoms with E-state index in [-0.39, 0.29) is 0 Å². The summed E-state index contributed by atoms with van der Waals surface area (Å²) in [7, 11) is 0. The molecule has 2 nitrogen and oxygen atoms in total. The van der Waals surface area contributed by atoms with Gasteiger partial charge in [0.05, 0.1) is 12.3 Å². The molecule has 0 aliphatic carbocycles. The van der Waals surface area contributed by atoms with Crippen molar-refractivity contribution in [2.24, 2.45) is 0 Å². The second kappa shape index (κ2) is 6.90. The fourth-order valence-electron chi connectivity index (χ4n) is 1.64. The Bertz CT molecular complexity index is 569. The average Bonchev–Trinajstić information content (AvgIpc) is 2.85. The first-order valence-corrected chi connectivity index (χ1v) is 7.42. The second-order valence-electron chi connectivity index (χ2n) is 4.77. The van der Waals surface area contributed by atoms with Crippen LogP contribution in [0.25, 0.3) is 0 Å². The number of halogens is 2. The number of hydrogen-bond donors (Lipinski definition) is 1. The molecule has 0 bridgehead atoms. The van der Waals surface area contributed by atoms with Crippen molar-refractivity contribution in [1.29, 1.82) is 0 Å². The van der Waals surface area contributed by atoms with Crippen LogP contribution in [-0.2, 0) is 12.3 Å². The van der Waals surface area contributed by atoms with Crippen LogP contribution >= 0.6 is 11.8 Å². The van der Waals surface area contributed by atoms with Crippen molar-refractivity contribution in [3.8, 4) is 0 Å². The third kappa shape index (κ3) is 4.35. The zero-order chi connectivity index (χ0) is 14.5. The van der Waals surface area contributed by atoms with Crippen LogP contribution in [0.3, 0.4) is 0 Å². The molecule has 1 N–H and O–H groups in total. The van der Waals surface area contributed by atoms with Crippen LogP contribution in [0.5, 0.6) is 0 Å². The van der Waals surface area contributed by atoms with Crippen LogP contribution in [0, 0.1) is 11.6 Å². The largest absolute Gasteiger partial charge is 0.464 e. The summed E-state index contributed by atoms with van der Waals surface area (Å²) in [5.41, 5.74) is 0. The average molecular weight is 297 g/mol. The third-order valence-electron chi connectivity index (χ3n) is 2.67. The summed E-state index contributed by atoms with van der Waals surface area (Å²) in [5.74, 6) is 1.22. The van der Waals surface area contributed by atoms with Gasteiger partial charge in [0.25, 0.3) is 0 Å². The molecule has 5 heteroatoms. The van der Waals surface area contributed by atoms with Crippen molar-refractivity contribution in [3.63, 3.8) is 0 Å². The van der Waals surface area contributed by atoms with Crippen molar-refractivity contribution >= 4 is 11.8 Å². The van der Waals surface area contributed by atoms with E-state index < -0.39 is 11.6 Å². The van der Waals surface area contributed by atoms with Crippen molar-refractivity contribution in [1.82, 2.24) is 5.32 Å². The van der Waals surface area contributed by atoms with Crippen LogP contribution in [0.4, 0.5) is 8.78 Å². The smallest absolute Gasteiger partial charge is 0.136 e. The summed E-state index contributed by atoms with van der Waals surface area (Å²) in [6.45, 7) is 4.79. The molecule has 0 atom stereocenters. The van der Waals surface area contributed by atoms with E-state index >= 15 is 0 Å². The van der Waals surface area contributed by atoms with E-state index in [1.807, 2.05) is 12.1 Å². The zero-order valence-electron chi connectivity index (χ0n) is 11.5. The number of hydrogen-bond acceptors (Lipinski definition) is 3. The Balaban J connectivity index is 1.92. The molecule has 0 saturated carbocycles. The molecule has 0 aliphatic rings. The molecule has 2 aromatic rings. The molecular weight excluding hydrogens is 280 g/mol. The predicted octanol–water partition coefficient (Wildman–Crippen LogP) is 4.35. The second-order valence-corrected chi connectivity index (χ2v) is 5.78. The lowest BCUT2D eigenvalue weighted by Crippen LogP contribution is -2.21.